The number of rotatable bonds is 4. The van der Waals surface area contributed by atoms with Crippen LogP contribution in [0.2, 0.25) is 0 Å². The summed E-state index contributed by atoms with van der Waals surface area (Å²) in [7, 11) is 0. The Morgan fingerprint density at radius 2 is 1.82 bits per heavy atom. The molecular weight excluding hydrogens is 348 g/mol. The summed E-state index contributed by atoms with van der Waals surface area (Å²) in [5, 5.41) is 9.87. The lowest BCUT2D eigenvalue weighted by molar-refractivity contribution is 0.881. The number of pyridine rings is 1. The van der Waals surface area contributed by atoms with Gasteiger partial charge in [0.2, 0.25) is 0 Å². The van der Waals surface area contributed by atoms with Crippen molar-refractivity contribution in [1.29, 1.82) is 0 Å². The van der Waals surface area contributed by atoms with Crippen molar-refractivity contribution in [1.82, 2.24) is 24.7 Å². The predicted octanol–water partition coefficient (Wildman–Crippen LogP) is 4.62. The van der Waals surface area contributed by atoms with Crippen LogP contribution in [0.1, 0.15) is 0 Å². The van der Waals surface area contributed by atoms with Gasteiger partial charge in [0.25, 0.3) is 0 Å². The van der Waals surface area contributed by atoms with Crippen molar-refractivity contribution in [2.75, 3.05) is 5.32 Å². The Hall–Kier alpha value is -4.06. The van der Waals surface area contributed by atoms with Gasteiger partial charge < -0.3 is 5.32 Å². The molecule has 0 saturated carbocycles. The van der Waals surface area contributed by atoms with Crippen molar-refractivity contribution in [3.05, 3.63) is 91.8 Å². The largest absolute Gasteiger partial charge is 0.340 e. The minimum Gasteiger partial charge on any atom is -0.340 e. The summed E-state index contributed by atoms with van der Waals surface area (Å²) >= 11 is 0. The molecule has 0 fully saturated rings. The lowest BCUT2D eigenvalue weighted by atomic mass is 10.1. The molecule has 28 heavy (non-hydrogen) atoms. The molecule has 6 heteroatoms. The maximum absolute atomic E-state index is 4.45. The van der Waals surface area contributed by atoms with Crippen LogP contribution in [-0.4, -0.2) is 24.7 Å². The Morgan fingerprint density at radius 1 is 0.857 bits per heavy atom. The van der Waals surface area contributed by atoms with Crippen LogP contribution in [0.5, 0.6) is 0 Å². The zero-order valence-corrected chi connectivity index (χ0v) is 14.9. The van der Waals surface area contributed by atoms with Gasteiger partial charge in [0.05, 0.1) is 11.4 Å². The highest BCUT2D eigenvalue weighted by atomic mass is 15.3. The summed E-state index contributed by atoms with van der Waals surface area (Å²) in [5.41, 5.74) is 3.81. The maximum atomic E-state index is 4.45. The first-order chi connectivity index (χ1) is 13.9. The number of hydrogen-bond acceptors (Lipinski definition) is 5. The first-order valence-electron chi connectivity index (χ1n) is 8.89. The smallest absolute Gasteiger partial charge is 0.134 e. The lowest BCUT2D eigenvalue weighted by Gasteiger charge is -2.10. The zero-order chi connectivity index (χ0) is 18.8. The number of fused-ring (bicyclic) bond motifs is 1. The van der Waals surface area contributed by atoms with Crippen molar-refractivity contribution < 1.29 is 0 Å². The monoisotopic (exact) mass is 364 g/mol. The molecule has 3 heterocycles. The fourth-order valence-electron chi connectivity index (χ4n) is 3.18. The van der Waals surface area contributed by atoms with Gasteiger partial charge in [-0.05, 0) is 30.3 Å². The molecule has 0 radical (unpaired) electrons. The normalized spacial score (nSPS) is 10.9. The Morgan fingerprint density at radius 3 is 2.75 bits per heavy atom. The van der Waals surface area contributed by atoms with Crippen LogP contribution in [-0.2, 0) is 0 Å². The standard InChI is InChI=1S/C22H16N6/c1-4-16(12-18(6-1)28-11-3-9-26-28)21-13-22(25-15-24-21)27-20-7-2-5-17-14-23-10-8-19(17)20/h1-15H,(H,24,25,27). The number of hydrogen-bond donors (Lipinski definition) is 1. The van der Waals surface area contributed by atoms with Gasteiger partial charge in [-0.25, -0.2) is 14.6 Å². The van der Waals surface area contributed by atoms with Crippen LogP contribution >= 0.6 is 0 Å². The van der Waals surface area contributed by atoms with E-state index in [1.807, 2.05) is 71.7 Å². The molecule has 1 N–H and O–H groups in total. The van der Waals surface area contributed by atoms with Crippen molar-refractivity contribution in [3.8, 4) is 16.9 Å². The molecule has 0 spiro atoms. The van der Waals surface area contributed by atoms with Gasteiger partial charge in [-0.3, -0.25) is 4.98 Å². The molecule has 6 nitrogen and oxygen atoms in total. The Labute approximate surface area is 161 Å². The highest BCUT2D eigenvalue weighted by Gasteiger charge is 2.06. The second-order valence-electron chi connectivity index (χ2n) is 6.32. The SMILES string of the molecule is c1cc(-c2cc(Nc3cccc4cnccc34)ncn2)cc(-n2cccn2)c1. The summed E-state index contributed by atoms with van der Waals surface area (Å²) in [6.07, 6.45) is 8.90. The molecule has 0 aliphatic heterocycles. The van der Waals surface area contributed by atoms with Gasteiger partial charge in [0, 0.05) is 52.9 Å². The second kappa shape index (κ2) is 6.92. The van der Waals surface area contributed by atoms with E-state index in [1.54, 1.807) is 18.7 Å². The molecule has 2 aromatic carbocycles. The van der Waals surface area contributed by atoms with E-state index in [-0.39, 0.29) is 0 Å². The molecule has 0 atom stereocenters. The predicted molar refractivity (Wildman–Crippen MR) is 110 cm³/mol. The average molecular weight is 364 g/mol. The van der Waals surface area contributed by atoms with Crippen molar-refractivity contribution in [2.24, 2.45) is 0 Å². The number of nitrogens with zero attached hydrogens (tertiary/aromatic N) is 5. The van der Waals surface area contributed by atoms with Crippen molar-refractivity contribution in [2.45, 2.75) is 0 Å². The van der Waals surface area contributed by atoms with Gasteiger partial charge >= 0.3 is 0 Å². The van der Waals surface area contributed by atoms with E-state index in [0.717, 1.165) is 39.2 Å². The molecule has 0 saturated heterocycles. The van der Waals surface area contributed by atoms with E-state index in [0.29, 0.717) is 0 Å². The molecular formula is C22H16N6. The molecule has 0 aliphatic carbocycles. The van der Waals surface area contributed by atoms with Crippen molar-refractivity contribution in [3.63, 3.8) is 0 Å². The molecule has 0 unspecified atom stereocenters. The number of aromatic nitrogens is 5. The van der Waals surface area contributed by atoms with Gasteiger partial charge in [0.15, 0.2) is 0 Å². The summed E-state index contributed by atoms with van der Waals surface area (Å²) in [4.78, 5) is 13.0. The molecule has 0 amide bonds. The Bertz CT molecular complexity index is 1240. The fourth-order valence-corrected chi connectivity index (χ4v) is 3.18. The highest BCUT2D eigenvalue weighted by Crippen LogP contribution is 2.27. The molecule has 134 valence electrons. The van der Waals surface area contributed by atoms with E-state index in [4.69, 9.17) is 0 Å². The highest BCUT2D eigenvalue weighted by molar-refractivity contribution is 5.94. The average Bonchev–Trinajstić information content (AvgIpc) is 3.30. The van der Waals surface area contributed by atoms with Crippen LogP contribution < -0.4 is 5.32 Å². The quantitative estimate of drug-likeness (QED) is 0.504. The van der Waals surface area contributed by atoms with Gasteiger partial charge in [-0.1, -0.05) is 24.3 Å². The number of nitrogens with one attached hydrogen (secondary N) is 1. The van der Waals surface area contributed by atoms with Crippen LogP contribution in [0, 0.1) is 0 Å². The van der Waals surface area contributed by atoms with Crippen LogP contribution in [0.15, 0.2) is 91.8 Å². The topological polar surface area (TPSA) is 68.5 Å². The van der Waals surface area contributed by atoms with Gasteiger partial charge in [-0.2, -0.15) is 5.10 Å². The third kappa shape index (κ3) is 3.07. The first-order valence-corrected chi connectivity index (χ1v) is 8.89. The second-order valence-corrected chi connectivity index (χ2v) is 6.32. The summed E-state index contributed by atoms with van der Waals surface area (Å²) in [5.74, 6) is 0.735. The third-order valence-corrected chi connectivity index (χ3v) is 4.52. The molecule has 3 aromatic heterocycles. The van der Waals surface area contributed by atoms with Crippen LogP contribution in [0.25, 0.3) is 27.7 Å². The van der Waals surface area contributed by atoms with Crippen LogP contribution in [0.4, 0.5) is 11.5 Å². The van der Waals surface area contributed by atoms with Gasteiger partial charge in [-0.15, -0.1) is 0 Å². The molecule has 5 rings (SSSR count). The third-order valence-electron chi connectivity index (χ3n) is 4.52. The zero-order valence-electron chi connectivity index (χ0n) is 14.9. The summed E-state index contributed by atoms with van der Waals surface area (Å²) in [6, 6.07) is 20.0. The van der Waals surface area contributed by atoms with E-state index in [9.17, 15) is 0 Å². The lowest BCUT2D eigenvalue weighted by Crippen LogP contribution is -1.97. The molecule has 0 bridgehead atoms. The summed E-state index contributed by atoms with van der Waals surface area (Å²) in [6.45, 7) is 0. The maximum Gasteiger partial charge on any atom is 0.134 e. The minimum absolute atomic E-state index is 0.735. The van der Waals surface area contributed by atoms with Crippen molar-refractivity contribution >= 4 is 22.3 Å². The summed E-state index contributed by atoms with van der Waals surface area (Å²) < 4.78 is 1.83. The molecule has 5 aromatic rings. The van der Waals surface area contributed by atoms with E-state index in [1.165, 1.54) is 0 Å². The van der Waals surface area contributed by atoms with Crippen LogP contribution in [0.3, 0.4) is 0 Å². The fraction of sp³-hybridized carbons (Fsp3) is 0. The molecule has 0 aliphatic rings. The van der Waals surface area contributed by atoms with E-state index in [2.05, 4.69) is 31.4 Å². The first kappa shape index (κ1) is 16.1. The number of anilines is 2. The van der Waals surface area contributed by atoms with Gasteiger partial charge in [0.1, 0.15) is 12.1 Å². The van der Waals surface area contributed by atoms with E-state index >= 15 is 0 Å². The minimum atomic E-state index is 0.735. The van der Waals surface area contributed by atoms with E-state index < -0.39 is 0 Å². The number of benzene rings is 2. The Balaban J connectivity index is 1.50. The Kier molecular flexibility index (Phi) is 3.99.